The lowest BCUT2D eigenvalue weighted by Crippen LogP contribution is -2.17. The summed E-state index contributed by atoms with van der Waals surface area (Å²) in [6.45, 7) is 2.87. The van der Waals surface area contributed by atoms with Gasteiger partial charge in [-0.1, -0.05) is 17.7 Å². The van der Waals surface area contributed by atoms with Crippen molar-refractivity contribution in [1.82, 2.24) is 9.97 Å². The maximum Gasteiger partial charge on any atom is 0.433 e. The number of carbonyl (C=O) groups is 1. The predicted molar refractivity (Wildman–Crippen MR) is 87.4 cm³/mol. The molecule has 10 heteroatoms. The molecule has 25 heavy (non-hydrogen) atoms. The fraction of sp³-hybridized carbons (Fsp3) is 0.267. The number of carboxylic acid groups (broad SMARTS) is 1. The summed E-state index contributed by atoms with van der Waals surface area (Å²) in [5.74, 6) is -1.84. The Morgan fingerprint density at radius 2 is 1.96 bits per heavy atom. The van der Waals surface area contributed by atoms with Gasteiger partial charge in [0.15, 0.2) is 5.69 Å². The molecule has 0 spiro atoms. The number of benzene rings is 1. The van der Waals surface area contributed by atoms with E-state index in [0.29, 0.717) is 16.3 Å². The highest BCUT2D eigenvalue weighted by atomic mass is 35.5. The summed E-state index contributed by atoms with van der Waals surface area (Å²) in [6.07, 6.45) is -4.71. The summed E-state index contributed by atoms with van der Waals surface area (Å²) in [5, 5.41) is 14.1. The van der Waals surface area contributed by atoms with Crippen LogP contribution in [0.2, 0.25) is 5.02 Å². The van der Waals surface area contributed by atoms with Gasteiger partial charge in [-0.15, -0.1) is 0 Å². The highest BCUT2D eigenvalue weighted by Gasteiger charge is 2.34. The molecular formula is C15H14ClF3N4O2. The van der Waals surface area contributed by atoms with E-state index in [-0.39, 0.29) is 5.82 Å². The van der Waals surface area contributed by atoms with E-state index in [1.165, 1.54) is 0 Å². The normalized spacial score (nSPS) is 11.3. The number of hydrogen-bond donors (Lipinski definition) is 3. The molecule has 0 saturated heterocycles. The molecule has 1 aromatic carbocycles. The van der Waals surface area contributed by atoms with E-state index < -0.39 is 30.3 Å². The molecule has 0 fully saturated rings. The Morgan fingerprint density at radius 3 is 2.56 bits per heavy atom. The molecule has 0 aliphatic rings. The first-order valence-electron chi connectivity index (χ1n) is 7.02. The molecule has 0 saturated carbocycles. The second-order valence-electron chi connectivity index (χ2n) is 5.20. The van der Waals surface area contributed by atoms with Crippen molar-refractivity contribution in [2.75, 3.05) is 17.2 Å². The maximum atomic E-state index is 13.0. The fourth-order valence-corrected chi connectivity index (χ4v) is 2.19. The number of halogens is 4. The third-order valence-corrected chi connectivity index (χ3v) is 3.68. The minimum Gasteiger partial charge on any atom is -0.480 e. The number of alkyl halides is 3. The molecule has 2 rings (SSSR count). The zero-order chi connectivity index (χ0) is 18.8. The molecule has 1 aromatic heterocycles. The van der Waals surface area contributed by atoms with Gasteiger partial charge in [0.2, 0.25) is 5.95 Å². The van der Waals surface area contributed by atoms with Gasteiger partial charge in [0.05, 0.1) is 0 Å². The van der Waals surface area contributed by atoms with Gasteiger partial charge in [-0.05, 0) is 31.0 Å². The van der Waals surface area contributed by atoms with Crippen LogP contribution < -0.4 is 10.6 Å². The molecule has 0 aliphatic heterocycles. The van der Waals surface area contributed by atoms with E-state index >= 15 is 0 Å². The van der Waals surface area contributed by atoms with Gasteiger partial charge >= 0.3 is 12.1 Å². The van der Waals surface area contributed by atoms with Gasteiger partial charge in [-0.3, -0.25) is 4.79 Å². The van der Waals surface area contributed by atoms with Gasteiger partial charge in [0.25, 0.3) is 0 Å². The third-order valence-electron chi connectivity index (χ3n) is 3.27. The van der Waals surface area contributed by atoms with E-state index in [1.54, 1.807) is 26.0 Å². The molecule has 6 nitrogen and oxygen atoms in total. The average molecular weight is 375 g/mol. The van der Waals surface area contributed by atoms with Crippen LogP contribution in [-0.4, -0.2) is 27.6 Å². The van der Waals surface area contributed by atoms with Crippen LogP contribution in [0.3, 0.4) is 0 Å². The van der Waals surface area contributed by atoms with Gasteiger partial charge in [-0.2, -0.15) is 18.2 Å². The molecule has 0 radical (unpaired) electrons. The van der Waals surface area contributed by atoms with Crippen molar-refractivity contribution in [3.05, 3.63) is 40.0 Å². The monoisotopic (exact) mass is 374 g/mol. The van der Waals surface area contributed by atoms with E-state index in [0.717, 1.165) is 11.6 Å². The average Bonchev–Trinajstić information content (AvgIpc) is 2.52. The fourth-order valence-electron chi connectivity index (χ4n) is 2.03. The van der Waals surface area contributed by atoms with Crippen LogP contribution in [0.5, 0.6) is 0 Å². The largest absolute Gasteiger partial charge is 0.480 e. The van der Waals surface area contributed by atoms with E-state index in [4.69, 9.17) is 16.7 Å². The number of hydrogen-bond acceptors (Lipinski definition) is 5. The number of nitrogens with one attached hydrogen (secondary N) is 2. The third kappa shape index (κ3) is 4.72. The highest BCUT2D eigenvalue weighted by molar-refractivity contribution is 6.31. The van der Waals surface area contributed by atoms with E-state index in [1.807, 2.05) is 0 Å². The number of aromatic nitrogens is 2. The molecule has 0 aliphatic carbocycles. The summed E-state index contributed by atoms with van der Waals surface area (Å²) >= 11 is 6.04. The topological polar surface area (TPSA) is 87.1 Å². The predicted octanol–water partition coefficient (Wildman–Crippen LogP) is 4.01. The SMILES string of the molecule is Cc1ccc(Cl)c(C)c1Nc1cc(C(F)(F)F)nc(NCC(=O)O)n1. The second kappa shape index (κ2) is 7.14. The van der Waals surface area contributed by atoms with Crippen molar-refractivity contribution in [2.45, 2.75) is 20.0 Å². The number of aryl methyl sites for hydroxylation is 1. The smallest absolute Gasteiger partial charge is 0.433 e. The summed E-state index contributed by atoms with van der Waals surface area (Å²) in [4.78, 5) is 17.8. The van der Waals surface area contributed by atoms with E-state index in [2.05, 4.69) is 20.6 Å². The molecule has 0 atom stereocenters. The number of aliphatic carboxylic acids is 1. The lowest BCUT2D eigenvalue weighted by Gasteiger charge is -2.15. The van der Waals surface area contributed by atoms with Crippen LogP contribution in [0.25, 0.3) is 0 Å². The Balaban J connectivity index is 2.44. The molecule has 2 aromatic rings. The Kier molecular flexibility index (Phi) is 5.36. The summed E-state index contributed by atoms with van der Waals surface area (Å²) < 4.78 is 39.1. The quantitative estimate of drug-likeness (QED) is 0.733. The Bertz CT molecular complexity index is 812. The van der Waals surface area contributed by atoms with Gasteiger partial charge in [0, 0.05) is 16.8 Å². The summed E-state index contributed by atoms with van der Waals surface area (Å²) in [6, 6.07) is 4.14. The minimum atomic E-state index is -4.71. The van der Waals surface area contributed by atoms with Crippen molar-refractivity contribution in [2.24, 2.45) is 0 Å². The molecule has 0 unspecified atom stereocenters. The molecule has 1 heterocycles. The molecule has 0 bridgehead atoms. The number of nitrogens with zero attached hydrogens (tertiary/aromatic N) is 2. The first-order chi connectivity index (χ1) is 11.6. The number of anilines is 3. The van der Waals surface area contributed by atoms with Gasteiger partial charge < -0.3 is 15.7 Å². The van der Waals surface area contributed by atoms with Crippen molar-refractivity contribution < 1.29 is 23.1 Å². The van der Waals surface area contributed by atoms with Crippen molar-refractivity contribution >= 4 is 35.0 Å². The van der Waals surface area contributed by atoms with Crippen LogP contribution in [0.15, 0.2) is 18.2 Å². The minimum absolute atomic E-state index is 0.135. The van der Waals surface area contributed by atoms with Crippen molar-refractivity contribution in [1.29, 1.82) is 0 Å². The maximum absolute atomic E-state index is 13.0. The zero-order valence-electron chi connectivity index (χ0n) is 13.2. The van der Waals surface area contributed by atoms with Gasteiger partial charge in [0.1, 0.15) is 12.4 Å². The van der Waals surface area contributed by atoms with E-state index in [9.17, 15) is 18.0 Å². The summed E-state index contributed by atoms with van der Waals surface area (Å²) in [7, 11) is 0. The van der Waals surface area contributed by atoms with Crippen LogP contribution in [-0.2, 0) is 11.0 Å². The van der Waals surface area contributed by atoms with Crippen LogP contribution in [0.1, 0.15) is 16.8 Å². The van der Waals surface area contributed by atoms with Crippen molar-refractivity contribution in [3.63, 3.8) is 0 Å². The first kappa shape index (κ1) is 18.8. The lowest BCUT2D eigenvalue weighted by molar-refractivity contribution is -0.141. The molecule has 134 valence electrons. The number of rotatable bonds is 5. The number of carboxylic acids is 1. The second-order valence-corrected chi connectivity index (χ2v) is 5.60. The Hall–Kier alpha value is -2.55. The van der Waals surface area contributed by atoms with Crippen molar-refractivity contribution in [3.8, 4) is 0 Å². The van der Waals surface area contributed by atoms with Crippen LogP contribution in [0.4, 0.5) is 30.6 Å². The first-order valence-corrected chi connectivity index (χ1v) is 7.40. The molecule has 0 amide bonds. The Labute approximate surface area is 146 Å². The molecular weight excluding hydrogens is 361 g/mol. The Morgan fingerprint density at radius 1 is 1.28 bits per heavy atom. The summed E-state index contributed by atoms with van der Waals surface area (Å²) in [5.41, 5.74) is 0.724. The molecule has 3 N–H and O–H groups in total. The van der Waals surface area contributed by atoms with Crippen LogP contribution >= 0.6 is 11.6 Å². The zero-order valence-corrected chi connectivity index (χ0v) is 14.0. The van der Waals surface area contributed by atoms with Gasteiger partial charge in [-0.25, -0.2) is 4.98 Å². The van der Waals surface area contributed by atoms with Crippen LogP contribution in [0, 0.1) is 13.8 Å². The standard InChI is InChI=1S/C15H14ClF3N4O2/c1-7-3-4-9(16)8(2)13(7)22-11-5-10(15(17,18)19)21-14(23-11)20-6-12(24)25/h3-5H,6H2,1-2H3,(H,24,25)(H2,20,21,22,23). The highest BCUT2D eigenvalue weighted by Crippen LogP contribution is 2.33. The lowest BCUT2D eigenvalue weighted by atomic mass is 10.1.